The highest BCUT2D eigenvalue weighted by atomic mass is 16.3. The second-order valence-corrected chi connectivity index (χ2v) is 23.9. The van der Waals surface area contributed by atoms with Crippen LogP contribution in [0.15, 0.2) is 135 Å². The standard InChI is InChI=1S/C23H25N7O.C22H21N7O.C20H22N6O/c1-14-6-15(2)11-29(10-14)21-5-4-19(27-28-21)22-20(31)7-17(8-24-22)18-9-25-23-26-16(3)12-30(23)13-18;1-13-10-28-12-16(9-24-22(28)25-13)15-7-19(30)21(23-8-15)18-4-5-20(27-26-18)29-11-14-2-3-17(29)6-14;1-14-4-3-9-26(13-14)19-7-6-17(24-25-19)20-18(27)10-16(12-22-20)23-15-5-2-8-21-11-15/h4-5,7-9,12-15,31H,6,10-11H2,1-3H3;4-5,7-10,12,14,17,30H,2-3,6,11H2,1H3;2,5-8,10-12,14,23,27H,3-4,9,13H2,1H3/t14-,15+;;. The summed E-state index contributed by atoms with van der Waals surface area (Å²) in [7, 11) is 0. The second-order valence-electron chi connectivity index (χ2n) is 23.9. The molecule has 11 aromatic rings. The fourth-order valence-electron chi connectivity index (χ4n) is 12.5. The molecule has 23 heteroatoms. The van der Waals surface area contributed by atoms with Crippen molar-refractivity contribution in [2.45, 2.75) is 79.2 Å². The summed E-state index contributed by atoms with van der Waals surface area (Å²) < 4.78 is 3.73. The van der Waals surface area contributed by atoms with Gasteiger partial charge in [0.05, 0.1) is 35.2 Å². The van der Waals surface area contributed by atoms with Gasteiger partial charge in [0.1, 0.15) is 51.4 Å². The van der Waals surface area contributed by atoms with Crippen LogP contribution in [0.4, 0.5) is 28.8 Å². The molecule has 11 aromatic heterocycles. The van der Waals surface area contributed by atoms with Gasteiger partial charge in [-0.1, -0.05) is 20.8 Å². The lowest BCUT2D eigenvalue weighted by Crippen LogP contribution is -2.39. The lowest BCUT2D eigenvalue weighted by Gasteiger charge is -2.35. The van der Waals surface area contributed by atoms with E-state index >= 15 is 0 Å². The fraction of sp³-hybridized carbons (Fsp3) is 0.323. The minimum Gasteiger partial charge on any atom is -0.506 e. The maximum Gasteiger partial charge on any atom is 0.233 e. The number of hydrogen-bond donors (Lipinski definition) is 4. The third-order valence-corrected chi connectivity index (χ3v) is 16.6. The quantitative estimate of drug-likeness (QED) is 0.0991. The Hall–Kier alpha value is -10.3. The summed E-state index contributed by atoms with van der Waals surface area (Å²) in [6, 6.07) is 20.8. The highest BCUT2D eigenvalue weighted by molar-refractivity contribution is 5.73. The normalized spacial score (nSPS) is 18.9. The fourth-order valence-corrected chi connectivity index (χ4v) is 12.5. The van der Waals surface area contributed by atoms with Crippen molar-refractivity contribution in [3.05, 3.63) is 146 Å². The molecule has 0 spiro atoms. The Morgan fingerprint density at radius 1 is 0.477 bits per heavy atom. The van der Waals surface area contributed by atoms with E-state index in [-0.39, 0.29) is 17.2 Å². The van der Waals surface area contributed by atoms with Crippen LogP contribution in [0, 0.1) is 37.5 Å². The summed E-state index contributed by atoms with van der Waals surface area (Å²) in [6.07, 6.45) is 27.2. The average Bonchev–Trinajstić information content (AvgIpc) is 2.80. The van der Waals surface area contributed by atoms with Crippen LogP contribution in [0.1, 0.15) is 70.7 Å². The number of nitrogens with one attached hydrogen (secondary N) is 1. The molecule has 4 N–H and O–H groups in total. The molecule has 2 bridgehead atoms. The number of fused-ring (bicyclic) bond motifs is 4. The number of imidazole rings is 2. The largest absolute Gasteiger partial charge is 0.506 e. The Morgan fingerprint density at radius 2 is 1.01 bits per heavy atom. The minimum atomic E-state index is 0.0533. The Balaban J connectivity index is 0.000000122. The van der Waals surface area contributed by atoms with Gasteiger partial charge in [-0.2, -0.15) is 0 Å². The van der Waals surface area contributed by atoms with Gasteiger partial charge in [0.25, 0.3) is 0 Å². The zero-order valence-electron chi connectivity index (χ0n) is 49.7. The Kier molecular flexibility index (Phi) is 15.9. The summed E-state index contributed by atoms with van der Waals surface area (Å²) in [5.74, 6) is 6.88. The summed E-state index contributed by atoms with van der Waals surface area (Å²) in [5, 5.41) is 60.9. The number of aryl methyl sites for hydroxylation is 2. The molecule has 0 radical (unpaired) electrons. The SMILES string of the molecule is CC1CCCN(c2ccc(-c3ncc(Nc4cccnc4)cc3O)nn2)C1.Cc1cn2cc(-c3cnc(-c4ccc(N5CC6CCC5C6)nn4)c(O)c3)cnc2n1.Cc1cn2cc(-c3cnc(-c4ccc(N5C[C@H](C)C[C@H](C)C5)nn4)c(O)c3)cnc2n1. The molecule has 1 aliphatic carbocycles. The van der Waals surface area contributed by atoms with E-state index in [2.05, 4.69) is 111 Å². The number of hydrogen-bond acceptors (Lipinski definition) is 21. The van der Waals surface area contributed by atoms with Gasteiger partial charge in [-0.15, -0.1) is 30.6 Å². The first-order valence-electron chi connectivity index (χ1n) is 30.0. The van der Waals surface area contributed by atoms with E-state index in [9.17, 15) is 15.3 Å². The maximum atomic E-state index is 10.6. The number of rotatable bonds is 10. The van der Waals surface area contributed by atoms with Gasteiger partial charge < -0.3 is 35.3 Å². The van der Waals surface area contributed by atoms with Gasteiger partial charge in [0.2, 0.25) is 11.6 Å². The summed E-state index contributed by atoms with van der Waals surface area (Å²) in [6.45, 7) is 15.7. The van der Waals surface area contributed by atoms with Crippen LogP contribution >= 0.6 is 0 Å². The lowest BCUT2D eigenvalue weighted by molar-refractivity contribution is 0.355. The van der Waals surface area contributed by atoms with Crippen molar-refractivity contribution < 1.29 is 15.3 Å². The first-order chi connectivity index (χ1) is 42.8. The van der Waals surface area contributed by atoms with Gasteiger partial charge in [0.15, 0.2) is 17.5 Å². The Bertz CT molecular complexity index is 4230. The molecule has 3 saturated heterocycles. The molecular weight excluding hydrogens is 1110 g/mol. The highest BCUT2D eigenvalue weighted by Crippen LogP contribution is 2.40. The molecule has 3 aliphatic heterocycles. The molecular formula is C65H68N20O3. The van der Waals surface area contributed by atoms with Crippen LogP contribution in [-0.4, -0.2) is 133 Å². The summed E-state index contributed by atoms with van der Waals surface area (Å²) in [5.41, 5.74) is 9.44. The molecule has 4 aliphatic rings. The molecule has 88 heavy (non-hydrogen) atoms. The third kappa shape index (κ3) is 12.5. The van der Waals surface area contributed by atoms with Crippen LogP contribution in [-0.2, 0) is 0 Å². The van der Waals surface area contributed by atoms with Crippen LogP contribution in [0.5, 0.6) is 17.2 Å². The van der Waals surface area contributed by atoms with E-state index in [4.69, 9.17) is 0 Å². The van der Waals surface area contributed by atoms with Gasteiger partial charge >= 0.3 is 0 Å². The zero-order valence-corrected chi connectivity index (χ0v) is 49.7. The van der Waals surface area contributed by atoms with Crippen LogP contribution in [0.3, 0.4) is 0 Å². The summed E-state index contributed by atoms with van der Waals surface area (Å²) in [4.78, 5) is 41.6. The Morgan fingerprint density at radius 3 is 1.50 bits per heavy atom. The zero-order chi connectivity index (χ0) is 60.4. The predicted octanol–water partition coefficient (Wildman–Crippen LogP) is 10.6. The first-order valence-corrected chi connectivity index (χ1v) is 30.0. The number of piperidine rings is 3. The molecule has 15 rings (SSSR count). The van der Waals surface area contributed by atoms with Gasteiger partial charge in [-0.25, -0.2) is 34.9 Å². The molecule has 446 valence electrons. The van der Waals surface area contributed by atoms with Crippen molar-refractivity contribution in [2.24, 2.45) is 23.7 Å². The van der Waals surface area contributed by atoms with Crippen molar-refractivity contribution in [2.75, 3.05) is 52.7 Å². The minimum absolute atomic E-state index is 0.0533. The second kappa shape index (κ2) is 24.6. The van der Waals surface area contributed by atoms with Crippen LogP contribution < -0.4 is 20.0 Å². The van der Waals surface area contributed by atoms with Crippen LogP contribution in [0.25, 0.3) is 68.0 Å². The first kappa shape index (κ1) is 56.8. The lowest BCUT2D eigenvalue weighted by atomic mass is 9.92. The van der Waals surface area contributed by atoms with Gasteiger partial charge in [-0.05, 0) is 137 Å². The number of pyridine rings is 4. The topological polar surface area (TPSA) is 272 Å². The molecule has 1 saturated carbocycles. The van der Waals surface area contributed by atoms with E-state index in [0.29, 0.717) is 75.2 Å². The van der Waals surface area contributed by atoms with Crippen molar-refractivity contribution >= 4 is 40.4 Å². The maximum absolute atomic E-state index is 10.6. The monoisotopic (exact) mass is 1180 g/mol. The van der Waals surface area contributed by atoms with Crippen molar-refractivity contribution in [3.8, 4) is 73.7 Å². The molecule has 5 atom stereocenters. The summed E-state index contributed by atoms with van der Waals surface area (Å²) >= 11 is 0. The number of anilines is 5. The van der Waals surface area contributed by atoms with Crippen molar-refractivity contribution in [3.63, 3.8) is 0 Å². The van der Waals surface area contributed by atoms with Crippen molar-refractivity contribution in [1.82, 2.24) is 79.3 Å². The van der Waals surface area contributed by atoms with E-state index in [1.807, 2.05) is 96.0 Å². The third-order valence-electron chi connectivity index (χ3n) is 16.6. The highest BCUT2D eigenvalue weighted by Gasteiger charge is 2.38. The molecule has 0 amide bonds. The molecule has 4 fully saturated rings. The molecule has 3 unspecified atom stereocenters. The smallest absolute Gasteiger partial charge is 0.233 e. The number of nitrogens with zero attached hydrogens (tertiary/aromatic N) is 19. The molecule has 14 heterocycles. The van der Waals surface area contributed by atoms with Crippen molar-refractivity contribution in [1.29, 1.82) is 0 Å². The van der Waals surface area contributed by atoms with E-state index in [0.717, 1.165) is 95.4 Å². The van der Waals surface area contributed by atoms with E-state index < -0.39 is 0 Å². The van der Waals surface area contributed by atoms with Gasteiger partial charge in [-0.3, -0.25) is 13.8 Å². The molecule has 0 aromatic carbocycles. The number of aromatic nitrogens is 16. The van der Waals surface area contributed by atoms with E-state index in [1.54, 1.807) is 61.6 Å². The van der Waals surface area contributed by atoms with Gasteiger partial charge in [0, 0.05) is 123 Å². The number of aromatic hydroxyl groups is 3. The Labute approximate surface area is 508 Å². The van der Waals surface area contributed by atoms with E-state index in [1.165, 1.54) is 38.5 Å². The van der Waals surface area contributed by atoms with Crippen LogP contribution in [0.2, 0.25) is 0 Å². The average molecular weight is 1180 g/mol. The predicted molar refractivity (Wildman–Crippen MR) is 336 cm³/mol. The molecule has 23 nitrogen and oxygen atoms in total.